The number of aliphatic hydroxyl groups excluding tert-OH is 1. The van der Waals surface area contributed by atoms with Gasteiger partial charge < -0.3 is 33.8 Å². The first kappa shape index (κ1) is 99.1. The van der Waals surface area contributed by atoms with Gasteiger partial charge in [-0.15, -0.1) is 0 Å². The molecule has 0 rings (SSSR count). The van der Waals surface area contributed by atoms with Gasteiger partial charge >= 0.3 is 39.5 Å². The number of phosphoric ester groups is 2. The van der Waals surface area contributed by atoms with E-state index >= 15 is 0 Å². The fourth-order valence-corrected chi connectivity index (χ4v) is 14.2. The number of unbranched alkanes of at least 4 members (excludes halogenated alkanes) is 47. The van der Waals surface area contributed by atoms with Gasteiger partial charge in [0.1, 0.15) is 19.3 Å². The van der Waals surface area contributed by atoms with Crippen LogP contribution in [0, 0.1) is 17.8 Å². The Hall–Kier alpha value is -1.94. The van der Waals surface area contributed by atoms with Gasteiger partial charge in [-0.25, -0.2) is 9.13 Å². The Morgan fingerprint density at radius 1 is 0.287 bits per heavy atom. The second-order valence-corrected chi connectivity index (χ2v) is 33.6. The lowest BCUT2D eigenvalue weighted by molar-refractivity contribution is -0.161. The highest BCUT2D eigenvalue weighted by Crippen LogP contribution is 2.45. The van der Waals surface area contributed by atoms with Crippen molar-refractivity contribution in [2.24, 2.45) is 17.8 Å². The van der Waals surface area contributed by atoms with Gasteiger partial charge in [0.25, 0.3) is 0 Å². The van der Waals surface area contributed by atoms with Crippen molar-refractivity contribution < 1.29 is 80.2 Å². The van der Waals surface area contributed by atoms with Gasteiger partial charge in [0.2, 0.25) is 0 Å². The van der Waals surface area contributed by atoms with E-state index in [-0.39, 0.29) is 25.7 Å². The van der Waals surface area contributed by atoms with Crippen LogP contribution in [0.15, 0.2) is 0 Å². The SMILES string of the molecule is CCCCCCCCCCCCCCCCCCCCCCCCC(=O)O[C@H](COC(=O)CCCCCCCCCCCCCCCC(C)C)COP(=O)(O)OC[C@@H](O)COP(=O)(O)OC[C@@H](COC(=O)CCCCCCCCCCC(C)C)OC(=O)CCCCCCCCCCC(C)CC. The van der Waals surface area contributed by atoms with Gasteiger partial charge in [-0.05, 0) is 43.4 Å². The molecule has 17 nitrogen and oxygen atoms in total. The third kappa shape index (κ3) is 74.7. The maximum atomic E-state index is 13.1. The van der Waals surface area contributed by atoms with E-state index in [0.717, 1.165) is 108 Å². The molecule has 101 heavy (non-hydrogen) atoms. The fraction of sp³-hybridized carbons (Fsp3) is 0.951. The molecule has 0 heterocycles. The summed E-state index contributed by atoms with van der Waals surface area (Å²) in [6.45, 7) is 11.9. The number of ether oxygens (including phenoxy) is 4. The quantitative estimate of drug-likeness (QED) is 0.0222. The van der Waals surface area contributed by atoms with Crippen molar-refractivity contribution in [1.29, 1.82) is 0 Å². The number of hydrogen-bond acceptors (Lipinski definition) is 15. The molecule has 0 amide bonds. The number of rotatable bonds is 80. The first-order valence-corrected chi connectivity index (χ1v) is 45.4. The molecule has 0 aliphatic rings. The van der Waals surface area contributed by atoms with Crippen molar-refractivity contribution >= 4 is 39.5 Å². The van der Waals surface area contributed by atoms with Crippen LogP contribution in [-0.4, -0.2) is 96.7 Å². The monoisotopic (exact) mass is 1480 g/mol. The van der Waals surface area contributed by atoms with Crippen molar-refractivity contribution in [3.8, 4) is 0 Å². The predicted molar refractivity (Wildman–Crippen MR) is 414 cm³/mol. The van der Waals surface area contributed by atoms with Crippen LogP contribution in [-0.2, 0) is 65.4 Å². The second kappa shape index (κ2) is 72.3. The van der Waals surface area contributed by atoms with Crippen LogP contribution in [0.3, 0.4) is 0 Å². The molecular weight excluding hydrogens is 1320 g/mol. The van der Waals surface area contributed by atoms with Crippen molar-refractivity contribution in [3.05, 3.63) is 0 Å². The zero-order chi connectivity index (χ0) is 74.4. The molecule has 6 atom stereocenters. The topological polar surface area (TPSA) is 237 Å². The molecule has 600 valence electrons. The zero-order valence-electron chi connectivity index (χ0n) is 66.4. The molecule has 0 aromatic heterocycles. The average molecular weight is 1480 g/mol. The minimum absolute atomic E-state index is 0.104. The lowest BCUT2D eigenvalue weighted by Crippen LogP contribution is -2.30. The number of carbonyl (C=O) groups excluding carboxylic acids is 4. The van der Waals surface area contributed by atoms with E-state index in [1.165, 1.54) is 238 Å². The minimum Gasteiger partial charge on any atom is -0.462 e. The van der Waals surface area contributed by atoms with E-state index in [2.05, 4.69) is 48.5 Å². The van der Waals surface area contributed by atoms with E-state index < -0.39 is 97.5 Å². The van der Waals surface area contributed by atoms with E-state index in [1.807, 2.05) is 0 Å². The summed E-state index contributed by atoms with van der Waals surface area (Å²) in [6, 6.07) is 0. The van der Waals surface area contributed by atoms with Crippen LogP contribution < -0.4 is 0 Å². The number of carbonyl (C=O) groups is 4. The largest absolute Gasteiger partial charge is 0.472 e. The Bertz CT molecular complexity index is 1960. The highest BCUT2D eigenvalue weighted by Gasteiger charge is 2.30. The molecule has 3 N–H and O–H groups in total. The van der Waals surface area contributed by atoms with Gasteiger partial charge in [0.15, 0.2) is 12.2 Å². The number of hydrogen-bond donors (Lipinski definition) is 3. The van der Waals surface area contributed by atoms with Crippen LogP contribution in [0.1, 0.15) is 427 Å². The van der Waals surface area contributed by atoms with Gasteiger partial charge in [0.05, 0.1) is 26.4 Å². The molecule has 0 aliphatic heterocycles. The maximum Gasteiger partial charge on any atom is 0.472 e. The smallest absolute Gasteiger partial charge is 0.462 e. The molecule has 0 aromatic rings. The highest BCUT2D eigenvalue weighted by molar-refractivity contribution is 7.47. The van der Waals surface area contributed by atoms with Crippen LogP contribution in [0.2, 0.25) is 0 Å². The lowest BCUT2D eigenvalue weighted by Gasteiger charge is -2.21. The van der Waals surface area contributed by atoms with Gasteiger partial charge in [0, 0.05) is 25.7 Å². The summed E-state index contributed by atoms with van der Waals surface area (Å²) >= 11 is 0. The van der Waals surface area contributed by atoms with Crippen LogP contribution in [0.4, 0.5) is 0 Å². The first-order valence-electron chi connectivity index (χ1n) is 42.4. The Balaban J connectivity index is 5.22. The van der Waals surface area contributed by atoms with Gasteiger partial charge in [-0.3, -0.25) is 37.3 Å². The standard InChI is InChI=1S/C82H160O17P2/c1-8-10-11-12-13-14-15-16-17-18-19-20-21-22-23-24-27-31-34-44-51-58-65-81(86)98-77(69-92-79(84)63-56-49-42-33-30-28-25-26-29-32-39-46-53-60-73(3)4)71-96-100(88,89)94-67-76(83)68-95-101(90,91)97-72-78(70-93-80(85)64-57-50-43-37-35-40-47-54-61-74(5)6)99-82(87)66-59-52-45-38-36-41-48-55-62-75(7)9-2/h73-78,83H,8-72H2,1-7H3,(H,88,89)(H,90,91)/t75?,76-,77-,78-/m1/s1. The highest BCUT2D eigenvalue weighted by atomic mass is 31.2. The summed E-state index contributed by atoms with van der Waals surface area (Å²) < 4.78 is 68.7. The van der Waals surface area contributed by atoms with Gasteiger partial charge in [-0.1, -0.05) is 376 Å². The molecule has 0 radical (unpaired) electrons. The molecule has 0 fully saturated rings. The Kier molecular flexibility index (Phi) is 70.9. The van der Waals surface area contributed by atoms with Crippen molar-refractivity contribution in [1.82, 2.24) is 0 Å². The zero-order valence-corrected chi connectivity index (χ0v) is 68.2. The molecule has 3 unspecified atom stereocenters. The first-order chi connectivity index (χ1) is 48.8. The summed E-state index contributed by atoms with van der Waals surface area (Å²) in [6.07, 6.45) is 61.2. The Morgan fingerprint density at radius 2 is 0.505 bits per heavy atom. The minimum atomic E-state index is -4.96. The normalized spacial score (nSPS) is 14.2. The van der Waals surface area contributed by atoms with E-state index in [4.69, 9.17) is 37.0 Å². The number of phosphoric acid groups is 2. The predicted octanol–water partition coefficient (Wildman–Crippen LogP) is 24.5. The fourth-order valence-electron chi connectivity index (χ4n) is 12.6. The summed E-state index contributed by atoms with van der Waals surface area (Å²) in [5, 5.41) is 10.6. The number of aliphatic hydroxyl groups is 1. The third-order valence-corrected chi connectivity index (χ3v) is 21.4. The Labute approximate surface area is 619 Å². The molecular formula is C82H160O17P2. The van der Waals surface area contributed by atoms with Gasteiger partial charge in [-0.2, -0.15) is 0 Å². The Morgan fingerprint density at radius 3 is 0.752 bits per heavy atom. The maximum absolute atomic E-state index is 13.1. The van der Waals surface area contributed by atoms with E-state index in [0.29, 0.717) is 25.7 Å². The van der Waals surface area contributed by atoms with Crippen LogP contribution >= 0.6 is 15.6 Å². The molecule has 0 saturated carbocycles. The molecule has 0 aliphatic carbocycles. The second-order valence-electron chi connectivity index (χ2n) is 30.7. The summed E-state index contributed by atoms with van der Waals surface area (Å²) in [5.74, 6) is 0.173. The van der Waals surface area contributed by atoms with Crippen LogP contribution in [0.25, 0.3) is 0 Å². The summed E-state index contributed by atoms with van der Waals surface area (Å²) in [5.41, 5.74) is 0. The lowest BCUT2D eigenvalue weighted by atomic mass is 9.99. The average Bonchev–Trinajstić information content (AvgIpc) is 0.921. The van der Waals surface area contributed by atoms with Crippen molar-refractivity contribution in [2.75, 3.05) is 39.6 Å². The molecule has 0 aromatic carbocycles. The van der Waals surface area contributed by atoms with E-state index in [1.54, 1.807) is 0 Å². The van der Waals surface area contributed by atoms with Crippen molar-refractivity contribution in [2.45, 2.75) is 446 Å². The summed E-state index contributed by atoms with van der Waals surface area (Å²) in [7, 11) is -9.92. The van der Waals surface area contributed by atoms with Crippen molar-refractivity contribution in [3.63, 3.8) is 0 Å². The third-order valence-electron chi connectivity index (χ3n) is 19.5. The summed E-state index contributed by atoms with van der Waals surface area (Å²) in [4.78, 5) is 73.0. The van der Waals surface area contributed by atoms with E-state index in [9.17, 15) is 43.2 Å². The van der Waals surface area contributed by atoms with Crippen LogP contribution in [0.5, 0.6) is 0 Å². The molecule has 0 spiro atoms. The molecule has 0 bridgehead atoms. The molecule has 19 heteroatoms. The number of esters is 4. The molecule has 0 saturated heterocycles.